The van der Waals surface area contributed by atoms with Gasteiger partial charge in [-0.05, 0) is 6.42 Å². The van der Waals surface area contributed by atoms with Crippen molar-refractivity contribution in [2.45, 2.75) is 12.8 Å². The van der Waals surface area contributed by atoms with E-state index in [1.54, 1.807) is 0 Å². The second-order valence-electron chi connectivity index (χ2n) is 3.07. The first-order valence-electron chi connectivity index (χ1n) is 3.95. The summed E-state index contributed by atoms with van der Waals surface area (Å²) in [5, 5.41) is 8.84. The third-order valence-electron chi connectivity index (χ3n) is 2.28. The molecule has 1 aromatic carbocycles. The number of aromatic hydroxyl groups is 1. The largest absolute Gasteiger partial charge is 0.503 e. The molecule has 0 aliphatic heterocycles. The minimum Gasteiger partial charge on any atom is -0.503 e. The van der Waals surface area contributed by atoms with Crippen LogP contribution in [-0.2, 0) is 6.42 Å². The number of benzene rings is 1. The van der Waals surface area contributed by atoms with Crippen molar-refractivity contribution >= 4 is 5.78 Å². The number of carbonyl (C=O) groups is 1. The molecule has 2 rings (SSSR count). The van der Waals surface area contributed by atoms with Gasteiger partial charge in [0.1, 0.15) is 0 Å². The highest BCUT2D eigenvalue weighted by atomic mass is 19.2. The first kappa shape index (κ1) is 9.05. The number of phenols is 1. The Labute approximate surface area is 77.0 Å². The van der Waals surface area contributed by atoms with Crippen LogP contribution in [0.5, 0.6) is 5.75 Å². The Morgan fingerprint density at radius 1 is 1.00 bits per heavy atom. The molecule has 14 heavy (non-hydrogen) atoms. The maximum Gasteiger partial charge on any atom is 0.204 e. The summed E-state index contributed by atoms with van der Waals surface area (Å²) in [6.45, 7) is 0. The number of ketones is 1. The van der Waals surface area contributed by atoms with Crippen LogP contribution in [0, 0.1) is 17.5 Å². The summed E-state index contributed by atoms with van der Waals surface area (Å²) in [7, 11) is 0. The van der Waals surface area contributed by atoms with Crippen LogP contribution in [0.2, 0.25) is 0 Å². The van der Waals surface area contributed by atoms with Crippen LogP contribution in [0.15, 0.2) is 0 Å². The Morgan fingerprint density at radius 2 is 1.64 bits per heavy atom. The number of carbonyl (C=O) groups excluding carboxylic acids is 1. The van der Waals surface area contributed by atoms with Crippen LogP contribution in [0.25, 0.3) is 0 Å². The van der Waals surface area contributed by atoms with E-state index in [0.717, 1.165) is 0 Å². The first-order chi connectivity index (χ1) is 6.54. The third-order valence-corrected chi connectivity index (χ3v) is 2.28. The zero-order valence-electron chi connectivity index (χ0n) is 6.90. The summed E-state index contributed by atoms with van der Waals surface area (Å²) in [6.07, 6.45) is -0.0448. The van der Waals surface area contributed by atoms with Crippen molar-refractivity contribution in [3.8, 4) is 5.75 Å². The normalized spacial score (nSPS) is 14.6. The Hall–Kier alpha value is -1.52. The average molecular weight is 202 g/mol. The number of hydrogen-bond donors (Lipinski definition) is 1. The van der Waals surface area contributed by atoms with Crippen molar-refractivity contribution in [2.75, 3.05) is 0 Å². The lowest BCUT2D eigenvalue weighted by atomic mass is 10.1. The number of hydrogen-bond acceptors (Lipinski definition) is 2. The molecule has 5 heteroatoms. The van der Waals surface area contributed by atoms with Gasteiger partial charge in [0.25, 0.3) is 0 Å². The standard InChI is InChI=1S/C9H5F3O2/c10-6-3-1-2-4(13)5(3)7(11)8(12)9(6)14/h14H,1-2H2. The van der Waals surface area contributed by atoms with Gasteiger partial charge in [-0.2, -0.15) is 4.39 Å². The van der Waals surface area contributed by atoms with Crippen molar-refractivity contribution in [1.29, 1.82) is 0 Å². The molecule has 0 unspecified atom stereocenters. The van der Waals surface area contributed by atoms with Gasteiger partial charge in [-0.1, -0.05) is 0 Å². The summed E-state index contributed by atoms with van der Waals surface area (Å²) < 4.78 is 39.0. The molecule has 0 fully saturated rings. The summed E-state index contributed by atoms with van der Waals surface area (Å²) in [4.78, 5) is 11.0. The third kappa shape index (κ3) is 0.950. The van der Waals surface area contributed by atoms with Crippen LogP contribution in [0.1, 0.15) is 22.3 Å². The second-order valence-corrected chi connectivity index (χ2v) is 3.07. The first-order valence-corrected chi connectivity index (χ1v) is 3.95. The molecule has 0 saturated heterocycles. The van der Waals surface area contributed by atoms with E-state index in [2.05, 4.69) is 0 Å². The lowest BCUT2D eigenvalue weighted by molar-refractivity contribution is 0.0990. The molecule has 0 bridgehead atoms. The average Bonchev–Trinajstić information content (AvgIpc) is 2.54. The SMILES string of the molecule is O=C1CCc2c(F)c(O)c(F)c(F)c21. The number of rotatable bonds is 0. The van der Waals surface area contributed by atoms with E-state index in [9.17, 15) is 18.0 Å². The second kappa shape index (κ2) is 2.73. The van der Waals surface area contributed by atoms with Crippen molar-refractivity contribution in [3.63, 3.8) is 0 Å². The van der Waals surface area contributed by atoms with E-state index < -0.39 is 34.5 Å². The van der Waals surface area contributed by atoms with Gasteiger partial charge in [0.2, 0.25) is 5.82 Å². The molecule has 0 heterocycles. The van der Waals surface area contributed by atoms with Gasteiger partial charge in [-0.3, -0.25) is 4.79 Å². The maximum atomic E-state index is 13.1. The molecule has 0 saturated carbocycles. The van der Waals surface area contributed by atoms with Gasteiger partial charge in [0.05, 0.1) is 5.56 Å². The number of phenolic OH excluding ortho intramolecular Hbond substituents is 1. The number of halogens is 3. The molecule has 74 valence electrons. The molecule has 0 amide bonds. The molecular weight excluding hydrogens is 197 g/mol. The zero-order chi connectivity index (χ0) is 10.5. The molecule has 0 atom stereocenters. The number of fused-ring (bicyclic) bond motifs is 1. The minimum absolute atomic E-state index is 0.00472. The summed E-state index contributed by atoms with van der Waals surface area (Å²) in [5.41, 5.74) is -0.788. The Kier molecular flexibility index (Phi) is 1.77. The van der Waals surface area contributed by atoms with Gasteiger partial charge in [0, 0.05) is 12.0 Å². The van der Waals surface area contributed by atoms with Gasteiger partial charge in [0.15, 0.2) is 23.2 Å². The summed E-state index contributed by atoms with van der Waals surface area (Å²) in [6, 6.07) is 0. The van der Waals surface area contributed by atoms with Crippen molar-refractivity contribution < 1.29 is 23.1 Å². The summed E-state index contributed by atoms with van der Waals surface area (Å²) in [5.74, 6) is -6.37. The fraction of sp³-hybridized carbons (Fsp3) is 0.222. The molecule has 0 spiro atoms. The van der Waals surface area contributed by atoms with E-state index in [-0.39, 0.29) is 18.4 Å². The lowest BCUT2D eigenvalue weighted by Gasteiger charge is -2.05. The molecule has 0 aromatic heterocycles. The quantitative estimate of drug-likeness (QED) is 0.652. The molecule has 2 nitrogen and oxygen atoms in total. The van der Waals surface area contributed by atoms with Crippen molar-refractivity contribution in [2.24, 2.45) is 0 Å². The predicted molar refractivity (Wildman–Crippen MR) is 40.6 cm³/mol. The highest BCUT2D eigenvalue weighted by Crippen LogP contribution is 2.34. The van der Waals surface area contributed by atoms with Crippen molar-refractivity contribution in [1.82, 2.24) is 0 Å². The lowest BCUT2D eigenvalue weighted by Crippen LogP contribution is -2.02. The predicted octanol–water partition coefficient (Wildman–Crippen LogP) is 1.94. The Morgan fingerprint density at radius 3 is 2.29 bits per heavy atom. The topological polar surface area (TPSA) is 37.3 Å². The maximum absolute atomic E-state index is 13.1. The highest BCUT2D eigenvalue weighted by Gasteiger charge is 2.32. The molecule has 1 N–H and O–H groups in total. The van der Waals surface area contributed by atoms with E-state index >= 15 is 0 Å². The molecule has 0 radical (unpaired) electrons. The fourth-order valence-electron chi connectivity index (χ4n) is 1.58. The fourth-order valence-corrected chi connectivity index (χ4v) is 1.58. The van der Waals surface area contributed by atoms with E-state index in [1.165, 1.54) is 0 Å². The monoisotopic (exact) mass is 202 g/mol. The van der Waals surface area contributed by atoms with Crippen LogP contribution >= 0.6 is 0 Å². The van der Waals surface area contributed by atoms with E-state index in [0.29, 0.717) is 0 Å². The summed E-state index contributed by atoms with van der Waals surface area (Å²) >= 11 is 0. The molecular formula is C9H5F3O2. The Balaban J connectivity index is 2.84. The van der Waals surface area contributed by atoms with Gasteiger partial charge in [-0.25, -0.2) is 8.78 Å². The number of Topliss-reactive ketones (excluding diaryl/α,β-unsaturated/α-hetero) is 1. The Bertz CT molecular complexity index is 440. The molecule has 1 aliphatic carbocycles. The van der Waals surface area contributed by atoms with Crippen molar-refractivity contribution in [3.05, 3.63) is 28.6 Å². The van der Waals surface area contributed by atoms with Gasteiger partial charge >= 0.3 is 0 Å². The smallest absolute Gasteiger partial charge is 0.204 e. The highest BCUT2D eigenvalue weighted by molar-refractivity contribution is 6.00. The van der Waals surface area contributed by atoms with Crippen LogP contribution in [-0.4, -0.2) is 10.9 Å². The van der Waals surface area contributed by atoms with Crippen LogP contribution in [0.4, 0.5) is 13.2 Å². The van der Waals surface area contributed by atoms with Crippen LogP contribution in [0.3, 0.4) is 0 Å². The zero-order valence-corrected chi connectivity index (χ0v) is 6.90. The molecule has 1 aliphatic rings. The van der Waals surface area contributed by atoms with Gasteiger partial charge in [-0.15, -0.1) is 0 Å². The minimum atomic E-state index is -1.70. The van der Waals surface area contributed by atoms with E-state index in [1.807, 2.05) is 0 Å². The van der Waals surface area contributed by atoms with E-state index in [4.69, 9.17) is 5.11 Å². The van der Waals surface area contributed by atoms with Crippen LogP contribution < -0.4 is 0 Å². The molecule has 1 aromatic rings. The van der Waals surface area contributed by atoms with Gasteiger partial charge < -0.3 is 5.11 Å².